The molecule has 2 aromatic carbocycles. The second-order valence-electron chi connectivity index (χ2n) is 6.29. The van der Waals surface area contributed by atoms with Crippen molar-refractivity contribution in [2.45, 2.75) is 6.61 Å². The average molecular weight is 450 g/mol. The number of hydrogen-bond donors (Lipinski definition) is 1. The molecule has 1 fully saturated rings. The van der Waals surface area contributed by atoms with Crippen molar-refractivity contribution in [3.8, 4) is 5.75 Å². The fourth-order valence-electron chi connectivity index (χ4n) is 2.68. The minimum Gasteiger partial charge on any atom is -0.488 e. The Morgan fingerprint density at radius 3 is 2.86 bits per heavy atom. The summed E-state index contributed by atoms with van der Waals surface area (Å²) in [5.41, 5.74) is 4.08. The highest BCUT2D eigenvalue weighted by molar-refractivity contribution is 9.10. The van der Waals surface area contributed by atoms with Crippen molar-refractivity contribution in [1.82, 2.24) is 10.3 Å². The summed E-state index contributed by atoms with van der Waals surface area (Å²) in [7, 11) is 0. The van der Waals surface area contributed by atoms with Gasteiger partial charge in [0, 0.05) is 13.1 Å². The first-order valence-corrected chi connectivity index (χ1v) is 9.68. The Morgan fingerprint density at radius 1 is 1.29 bits per heavy atom. The maximum absolute atomic E-state index is 13.2. The summed E-state index contributed by atoms with van der Waals surface area (Å²) in [5, 5.41) is 4.00. The SMILES string of the molecule is O=C(CN1CCOCC1)NN=Cc1ccc(OCc2cccc(F)c2)c(Br)c1. The molecule has 0 radical (unpaired) electrons. The van der Waals surface area contributed by atoms with Crippen molar-refractivity contribution >= 4 is 28.1 Å². The van der Waals surface area contributed by atoms with Crippen molar-refractivity contribution < 1.29 is 18.7 Å². The molecule has 148 valence electrons. The molecule has 0 aromatic heterocycles. The first-order chi connectivity index (χ1) is 13.6. The Labute approximate surface area is 171 Å². The standard InChI is InChI=1S/C20H21BrFN3O3/c21-18-11-15(12-23-24-20(26)13-25-6-8-27-9-7-25)4-5-19(18)28-14-16-2-1-3-17(22)10-16/h1-5,10-12H,6-9,13-14H2,(H,24,26). The smallest absolute Gasteiger partial charge is 0.254 e. The number of amides is 1. The number of ether oxygens (including phenoxy) is 2. The molecule has 2 aromatic rings. The molecule has 0 unspecified atom stereocenters. The number of morpholine rings is 1. The molecule has 28 heavy (non-hydrogen) atoms. The van der Waals surface area contributed by atoms with Gasteiger partial charge in [0.15, 0.2) is 0 Å². The number of carbonyl (C=O) groups is 1. The van der Waals surface area contributed by atoms with E-state index in [1.165, 1.54) is 12.1 Å². The van der Waals surface area contributed by atoms with Crippen LogP contribution in [-0.2, 0) is 16.1 Å². The molecule has 0 spiro atoms. The molecule has 1 aliphatic heterocycles. The Balaban J connectivity index is 1.49. The summed E-state index contributed by atoms with van der Waals surface area (Å²) in [4.78, 5) is 13.9. The lowest BCUT2D eigenvalue weighted by Crippen LogP contribution is -2.42. The molecule has 0 saturated carbocycles. The van der Waals surface area contributed by atoms with Gasteiger partial charge in [0.1, 0.15) is 18.2 Å². The fraction of sp³-hybridized carbons (Fsp3) is 0.300. The van der Waals surface area contributed by atoms with Gasteiger partial charge < -0.3 is 9.47 Å². The molecular formula is C20H21BrFN3O3. The van der Waals surface area contributed by atoms with Gasteiger partial charge in [-0.3, -0.25) is 9.69 Å². The molecule has 1 N–H and O–H groups in total. The maximum atomic E-state index is 13.2. The second-order valence-corrected chi connectivity index (χ2v) is 7.14. The lowest BCUT2D eigenvalue weighted by molar-refractivity contribution is -0.123. The molecule has 0 atom stereocenters. The molecule has 8 heteroatoms. The minimum absolute atomic E-state index is 0.160. The normalized spacial score (nSPS) is 14.9. The number of carbonyl (C=O) groups excluding carboxylic acids is 1. The second kappa shape index (κ2) is 10.3. The average Bonchev–Trinajstić information content (AvgIpc) is 2.68. The lowest BCUT2D eigenvalue weighted by atomic mass is 10.2. The molecular weight excluding hydrogens is 429 g/mol. The zero-order valence-electron chi connectivity index (χ0n) is 15.2. The van der Waals surface area contributed by atoms with Crippen LogP contribution in [0, 0.1) is 5.82 Å². The number of benzene rings is 2. The first-order valence-electron chi connectivity index (χ1n) is 8.89. The third-order valence-electron chi connectivity index (χ3n) is 4.11. The summed E-state index contributed by atoms with van der Waals surface area (Å²) < 4.78 is 24.9. The van der Waals surface area contributed by atoms with Crippen LogP contribution in [0.2, 0.25) is 0 Å². The highest BCUT2D eigenvalue weighted by atomic mass is 79.9. The zero-order valence-corrected chi connectivity index (χ0v) is 16.8. The third-order valence-corrected chi connectivity index (χ3v) is 4.73. The highest BCUT2D eigenvalue weighted by Crippen LogP contribution is 2.26. The summed E-state index contributed by atoms with van der Waals surface area (Å²) in [6.45, 7) is 3.37. The van der Waals surface area contributed by atoms with E-state index in [1.54, 1.807) is 24.4 Å². The van der Waals surface area contributed by atoms with E-state index in [9.17, 15) is 9.18 Å². The monoisotopic (exact) mass is 449 g/mol. The van der Waals surface area contributed by atoms with E-state index in [2.05, 4.69) is 26.5 Å². The third kappa shape index (κ3) is 6.40. The zero-order chi connectivity index (χ0) is 19.8. The number of hydrogen-bond acceptors (Lipinski definition) is 5. The Kier molecular flexibility index (Phi) is 7.53. The van der Waals surface area contributed by atoms with E-state index >= 15 is 0 Å². The fourth-order valence-corrected chi connectivity index (χ4v) is 3.19. The molecule has 1 saturated heterocycles. The molecule has 0 bridgehead atoms. The van der Waals surface area contributed by atoms with Crippen LogP contribution in [0.1, 0.15) is 11.1 Å². The van der Waals surface area contributed by atoms with Crippen molar-refractivity contribution in [2.24, 2.45) is 5.10 Å². The van der Waals surface area contributed by atoms with Crippen LogP contribution in [0.5, 0.6) is 5.75 Å². The van der Waals surface area contributed by atoms with Crippen LogP contribution < -0.4 is 10.2 Å². The summed E-state index contributed by atoms with van der Waals surface area (Å²) in [5.74, 6) is 0.187. The maximum Gasteiger partial charge on any atom is 0.254 e. The predicted octanol–water partition coefficient (Wildman–Crippen LogP) is 2.95. The van der Waals surface area contributed by atoms with Crippen molar-refractivity contribution in [1.29, 1.82) is 0 Å². The van der Waals surface area contributed by atoms with Gasteiger partial charge in [-0.1, -0.05) is 12.1 Å². The molecule has 0 aliphatic carbocycles. The summed E-state index contributed by atoms with van der Waals surface area (Å²) in [6.07, 6.45) is 1.57. The number of rotatable bonds is 7. The summed E-state index contributed by atoms with van der Waals surface area (Å²) >= 11 is 3.46. The number of nitrogens with zero attached hydrogens (tertiary/aromatic N) is 2. The van der Waals surface area contributed by atoms with Crippen LogP contribution >= 0.6 is 15.9 Å². The molecule has 6 nitrogen and oxygen atoms in total. The van der Waals surface area contributed by atoms with Gasteiger partial charge in [0.25, 0.3) is 5.91 Å². The van der Waals surface area contributed by atoms with Crippen LogP contribution in [0.4, 0.5) is 4.39 Å². The van der Waals surface area contributed by atoms with E-state index in [1.807, 2.05) is 17.0 Å². The Bertz CT molecular complexity index is 841. The number of halogens is 2. The van der Waals surface area contributed by atoms with E-state index < -0.39 is 0 Å². The first kappa shape index (κ1) is 20.4. The Hall–Kier alpha value is -2.29. The highest BCUT2D eigenvalue weighted by Gasteiger charge is 2.13. The predicted molar refractivity (Wildman–Crippen MR) is 108 cm³/mol. The number of nitrogens with one attached hydrogen (secondary N) is 1. The van der Waals surface area contributed by atoms with Crippen LogP contribution in [0.25, 0.3) is 0 Å². The van der Waals surface area contributed by atoms with Crippen LogP contribution in [0.3, 0.4) is 0 Å². The van der Waals surface area contributed by atoms with Gasteiger partial charge >= 0.3 is 0 Å². The molecule has 1 aliphatic rings. The van der Waals surface area contributed by atoms with E-state index in [0.29, 0.717) is 25.5 Å². The van der Waals surface area contributed by atoms with Crippen molar-refractivity contribution in [3.05, 3.63) is 63.9 Å². The van der Waals surface area contributed by atoms with Gasteiger partial charge in [0.05, 0.1) is 30.4 Å². The van der Waals surface area contributed by atoms with Crippen molar-refractivity contribution in [2.75, 3.05) is 32.8 Å². The van der Waals surface area contributed by atoms with Gasteiger partial charge in [-0.25, -0.2) is 9.82 Å². The van der Waals surface area contributed by atoms with Gasteiger partial charge in [0.2, 0.25) is 0 Å². The summed E-state index contributed by atoms with van der Waals surface area (Å²) in [6, 6.07) is 11.7. The Morgan fingerprint density at radius 2 is 2.11 bits per heavy atom. The quantitative estimate of drug-likeness (QED) is 0.521. The molecule has 3 rings (SSSR count). The van der Waals surface area contributed by atoms with E-state index in [4.69, 9.17) is 9.47 Å². The largest absolute Gasteiger partial charge is 0.488 e. The van der Waals surface area contributed by atoms with E-state index in [0.717, 1.165) is 28.7 Å². The van der Waals surface area contributed by atoms with Crippen LogP contribution in [0.15, 0.2) is 52.0 Å². The van der Waals surface area contributed by atoms with Gasteiger partial charge in [-0.05, 0) is 57.4 Å². The number of hydrazone groups is 1. The molecule has 1 amide bonds. The lowest BCUT2D eigenvalue weighted by Gasteiger charge is -2.25. The van der Waals surface area contributed by atoms with Gasteiger partial charge in [-0.2, -0.15) is 5.10 Å². The van der Waals surface area contributed by atoms with Crippen molar-refractivity contribution in [3.63, 3.8) is 0 Å². The van der Waals surface area contributed by atoms with Gasteiger partial charge in [-0.15, -0.1) is 0 Å². The van der Waals surface area contributed by atoms with E-state index in [-0.39, 0.29) is 18.3 Å². The topological polar surface area (TPSA) is 63.2 Å². The molecule has 1 heterocycles. The minimum atomic E-state index is -0.289. The van der Waals surface area contributed by atoms with Crippen LogP contribution in [-0.4, -0.2) is 49.9 Å².